The number of alkyl halides is 1. The van der Waals surface area contributed by atoms with Crippen LogP contribution in [0, 0.1) is 5.92 Å². The molecule has 1 aliphatic rings. The minimum absolute atomic E-state index is 0.446. The highest BCUT2D eigenvalue weighted by atomic mass is 79.9. The number of rotatable bonds is 5. The van der Waals surface area contributed by atoms with E-state index < -0.39 is 7.92 Å². The summed E-state index contributed by atoms with van der Waals surface area (Å²) in [6.45, 7) is 0. The third-order valence-electron chi connectivity index (χ3n) is 5.19. The van der Waals surface area contributed by atoms with Gasteiger partial charge in [0.2, 0.25) is 0 Å². The Morgan fingerprint density at radius 2 is 1.07 bits per heavy atom. The van der Waals surface area contributed by atoms with Gasteiger partial charge in [0.15, 0.2) is 0 Å². The van der Waals surface area contributed by atoms with Crippen LogP contribution in [0.15, 0.2) is 103 Å². The molecule has 0 nitrogen and oxygen atoms in total. The van der Waals surface area contributed by atoms with E-state index in [0.29, 0.717) is 0 Å². The molecule has 0 saturated heterocycles. The van der Waals surface area contributed by atoms with Crippen LogP contribution in [-0.4, -0.2) is 5.33 Å². The molecule has 1 saturated carbocycles. The second-order valence-electron chi connectivity index (χ2n) is 7.32. The Morgan fingerprint density at radius 1 is 0.655 bits per heavy atom. The molecule has 0 bridgehead atoms. The third kappa shape index (κ3) is 7.25. The third-order valence-corrected chi connectivity index (χ3v) is 8.01. The molecule has 3 aromatic rings. The summed E-state index contributed by atoms with van der Waals surface area (Å²) in [5, 5.41) is 5.21. The van der Waals surface area contributed by atoms with E-state index in [9.17, 15) is 0 Å². The molecule has 0 heterocycles. The molecular weight excluding hydrogens is 435 g/mol. The summed E-state index contributed by atoms with van der Waals surface area (Å²) in [4.78, 5) is 0. The molecule has 0 amide bonds. The summed E-state index contributed by atoms with van der Waals surface area (Å²) in [5.41, 5.74) is 0. The smallest absolute Gasteiger partial charge is 0.0212 e. The van der Waals surface area contributed by atoms with Crippen molar-refractivity contribution in [2.24, 2.45) is 5.92 Å². The molecule has 0 aromatic heterocycles. The van der Waals surface area contributed by atoms with Crippen molar-refractivity contribution in [2.75, 3.05) is 5.33 Å². The number of allylic oxidation sites excluding steroid dienone is 2. The normalized spacial score (nSPS) is 14.6. The summed E-state index contributed by atoms with van der Waals surface area (Å²) >= 11 is 3.39. The second kappa shape index (κ2) is 12.8. The van der Waals surface area contributed by atoms with Crippen LogP contribution in [0.25, 0.3) is 0 Å². The Balaban J connectivity index is 0.000000204. The van der Waals surface area contributed by atoms with E-state index in [2.05, 4.69) is 119 Å². The standard InChI is InChI=1S/C18H15P.C9H15Br/c1-4-10-16(11-5-1)19(17-12-6-2-7-13-17)18-14-8-3-9-15-18;10-8-4-7-9-5-2-1-3-6-9/h1-15H;4,7,9H,1-3,5-6,8H2/b;7-4+. The van der Waals surface area contributed by atoms with Crippen LogP contribution in [0.5, 0.6) is 0 Å². The number of benzene rings is 3. The molecule has 150 valence electrons. The van der Waals surface area contributed by atoms with Crippen LogP contribution < -0.4 is 15.9 Å². The van der Waals surface area contributed by atoms with Crippen LogP contribution in [0.3, 0.4) is 0 Å². The molecule has 0 aliphatic heterocycles. The summed E-state index contributed by atoms with van der Waals surface area (Å²) in [7, 11) is -0.446. The van der Waals surface area contributed by atoms with Gasteiger partial charge in [-0.05, 0) is 42.6 Å². The molecule has 29 heavy (non-hydrogen) atoms. The lowest BCUT2D eigenvalue weighted by Gasteiger charge is -2.18. The van der Waals surface area contributed by atoms with E-state index >= 15 is 0 Å². The first-order valence-electron chi connectivity index (χ1n) is 10.6. The van der Waals surface area contributed by atoms with Gasteiger partial charge in [-0.3, -0.25) is 0 Å². The first kappa shape index (κ1) is 22.0. The van der Waals surface area contributed by atoms with Crippen LogP contribution in [-0.2, 0) is 0 Å². The molecule has 0 unspecified atom stereocenters. The van der Waals surface area contributed by atoms with Gasteiger partial charge in [0, 0.05) is 5.33 Å². The predicted molar refractivity (Wildman–Crippen MR) is 135 cm³/mol. The average molecular weight is 465 g/mol. The van der Waals surface area contributed by atoms with Gasteiger partial charge in [-0.2, -0.15) is 0 Å². The van der Waals surface area contributed by atoms with Crippen LogP contribution in [0.4, 0.5) is 0 Å². The summed E-state index contributed by atoms with van der Waals surface area (Å²) in [5.74, 6) is 0.895. The number of hydrogen-bond acceptors (Lipinski definition) is 0. The number of halogens is 1. The first-order valence-corrected chi connectivity index (χ1v) is 13.0. The van der Waals surface area contributed by atoms with Gasteiger partial charge in [0.05, 0.1) is 0 Å². The molecule has 3 aromatic carbocycles. The average Bonchev–Trinajstić information content (AvgIpc) is 2.81. The summed E-state index contributed by atoms with van der Waals surface area (Å²) in [6.07, 6.45) is 11.8. The molecule has 1 fully saturated rings. The zero-order chi connectivity index (χ0) is 20.2. The molecule has 2 heteroatoms. The SMILES string of the molecule is BrC/C=C/C1CCCCC1.c1ccc(P(c2ccccc2)c2ccccc2)cc1. The Bertz CT molecular complexity index is 730. The van der Waals surface area contributed by atoms with E-state index in [1.807, 2.05) is 0 Å². The van der Waals surface area contributed by atoms with Gasteiger partial charge in [0.1, 0.15) is 0 Å². The maximum Gasteiger partial charge on any atom is 0.0212 e. The molecular formula is C27H30BrP. The highest BCUT2D eigenvalue weighted by Gasteiger charge is 2.15. The quantitative estimate of drug-likeness (QED) is 0.217. The van der Waals surface area contributed by atoms with Crippen molar-refractivity contribution in [1.82, 2.24) is 0 Å². The maximum atomic E-state index is 3.39. The largest absolute Gasteiger partial charge is 0.0883 e. The minimum atomic E-state index is -0.446. The first-order chi connectivity index (χ1) is 14.4. The molecule has 0 spiro atoms. The fourth-order valence-electron chi connectivity index (χ4n) is 3.75. The van der Waals surface area contributed by atoms with Crippen molar-refractivity contribution in [3.63, 3.8) is 0 Å². The lowest BCUT2D eigenvalue weighted by molar-refractivity contribution is 0.419. The van der Waals surface area contributed by atoms with Crippen molar-refractivity contribution in [3.05, 3.63) is 103 Å². The van der Waals surface area contributed by atoms with E-state index in [-0.39, 0.29) is 0 Å². The van der Waals surface area contributed by atoms with Crippen molar-refractivity contribution >= 4 is 39.8 Å². The Kier molecular flexibility index (Phi) is 9.70. The van der Waals surface area contributed by atoms with Gasteiger partial charge in [0.25, 0.3) is 0 Å². The zero-order valence-electron chi connectivity index (χ0n) is 17.0. The van der Waals surface area contributed by atoms with Crippen molar-refractivity contribution < 1.29 is 0 Å². The van der Waals surface area contributed by atoms with Crippen LogP contribution >= 0.6 is 23.9 Å². The lowest BCUT2D eigenvalue weighted by Crippen LogP contribution is -2.20. The summed E-state index contributed by atoms with van der Waals surface area (Å²) < 4.78 is 0. The van der Waals surface area contributed by atoms with Gasteiger partial charge in [-0.1, -0.05) is 138 Å². The molecule has 4 rings (SSSR count). The van der Waals surface area contributed by atoms with E-state index in [1.54, 1.807) is 0 Å². The van der Waals surface area contributed by atoms with Gasteiger partial charge in [-0.25, -0.2) is 0 Å². The predicted octanol–water partition coefficient (Wildman–Crippen LogP) is 6.96. The monoisotopic (exact) mass is 464 g/mol. The molecule has 1 aliphatic carbocycles. The fourth-order valence-corrected chi connectivity index (χ4v) is 6.27. The van der Waals surface area contributed by atoms with E-state index in [0.717, 1.165) is 11.2 Å². The van der Waals surface area contributed by atoms with Gasteiger partial charge >= 0.3 is 0 Å². The maximum absolute atomic E-state index is 3.39. The van der Waals surface area contributed by atoms with E-state index in [4.69, 9.17) is 0 Å². The topological polar surface area (TPSA) is 0 Å². The highest BCUT2D eigenvalue weighted by molar-refractivity contribution is 9.09. The van der Waals surface area contributed by atoms with Crippen molar-refractivity contribution in [3.8, 4) is 0 Å². The molecule has 0 N–H and O–H groups in total. The molecule has 0 radical (unpaired) electrons. The van der Waals surface area contributed by atoms with Crippen molar-refractivity contribution in [1.29, 1.82) is 0 Å². The zero-order valence-corrected chi connectivity index (χ0v) is 19.4. The Labute approximate surface area is 186 Å². The highest BCUT2D eigenvalue weighted by Crippen LogP contribution is 2.32. The number of hydrogen-bond donors (Lipinski definition) is 0. The van der Waals surface area contributed by atoms with Crippen molar-refractivity contribution in [2.45, 2.75) is 32.1 Å². The summed E-state index contributed by atoms with van der Waals surface area (Å²) in [6, 6.07) is 32.3. The Hall–Kier alpha value is -1.69. The second-order valence-corrected chi connectivity index (χ2v) is 10.2. The van der Waals surface area contributed by atoms with Gasteiger partial charge < -0.3 is 0 Å². The Morgan fingerprint density at radius 3 is 1.45 bits per heavy atom. The minimum Gasteiger partial charge on any atom is -0.0883 e. The fraction of sp³-hybridized carbons (Fsp3) is 0.259. The van der Waals surface area contributed by atoms with Crippen LogP contribution in [0.1, 0.15) is 32.1 Å². The van der Waals surface area contributed by atoms with Gasteiger partial charge in [-0.15, -0.1) is 0 Å². The van der Waals surface area contributed by atoms with E-state index in [1.165, 1.54) is 48.0 Å². The molecule has 0 atom stereocenters. The van der Waals surface area contributed by atoms with Crippen LogP contribution in [0.2, 0.25) is 0 Å². The lowest BCUT2D eigenvalue weighted by atomic mass is 9.89.